The number of hydrogen-bond donors (Lipinski definition) is 0. The van der Waals surface area contributed by atoms with Crippen molar-refractivity contribution in [3.63, 3.8) is 0 Å². The van der Waals surface area contributed by atoms with Crippen LogP contribution >= 0.6 is 0 Å². The second-order valence-electron chi connectivity index (χ2n) is 6.25. The third-order valence-corrected chi connectivity index (χ3v) is 4.50. The molecule has 1 aliphatic rings. The van der Waals surface area contributed by atoms with E-state index < -0.39 is 5.82 Å². The van der Waals surface area contributed by atoms with Gasteiger partial charge in [-0.15, -0.1) is 0 Å². The standard InChI is InChI=1S/C19H21FN4O3/c1-27-17-4-3-15(20)11-14(17)12-18(25)23-7-2-8-24(10-9-23)19(26)16-13-21-5-6-22-16/h3-6,11,13H,2,7-10,12H2,1H3. The number of carbonyl (C=O) groups excluding carboxylic acids is 2. The Hall–Kier alpha value is -3.03. The minimum Gasteiger partial charge on any atom is -0.496 e. The van der Waals surface area contributed by atoms with Crippen LogP contribution in [0.1, 0.15) is 22.5 Å². The van der Waals surface area contributed by atoms with E-state index >= 15 is 0 Å². The first-order chi connectivity index (χ1) is 13.1. The van der Waals surface area contributed by atoms with Crippen LogP contribution in [0.25, 0.3) is 0 Å². The molecule has 0 aliphatic carbocycles. The zero-order valence-electron chi connectivity index (χ0n) is 15.1. The van der Waals surface area contributed by atoms with Crippen molar-refractivity contribution < 1.29 is 18.7 Å². The average Bonchev–Trinajstić information content (AvgIpc) is 2.94. The van der Waals surface area contributed by atoms with Crippen molar-refractivity contribution in [2.75, 3.05) is 33.3 Å². The smallest absolute Gasteiger partial charge is 0.274 e. The number of aromatic nitrogens is 2. The molecule has 1 saturated heterocycles. The van der Waals surface area contributed by atoms with E-state index in [9.17, 15) is 14.0 Å². The maximum Gasteiger partial charge on any atom is 0.274 e. The summed E-state index contributed by atoms with van der Waals surface area (Å²) in [5.74, 6) is -0.230. The van der Waals surface area contributed by atoms with E-state index in [2.05, 4.69) is 9.97 Å². The second kappa shape index (κ2) is 8.57. The Morgan fingerprint density at radius 2 is 1.93 bits per heavy atom. The molecule has 0 N–H and O–H groups in total. The quantitative estimate of drug-likeness (QED) is 0.814. The topological polar surface area (TPSA) is 75.6 Å². The van der Waals surface area contributed by atoms with Crippen molar-refractivity contribution in [1.82, 2.24) is 19.8 Å². The lowest BCUT2D eigenvalue weighted by atomic mass is 10.1. The maximum absolute atomic E-state index is 13.5. The number of methoxy groups -OCH3 is 1. The van der Waals surface area contributed by atoms with Gasteiger partial charge < -0.3 is 14.5 Å². The first-order valence-electron chi connectivity index (χ1n) is 8.74. The molecule has 1 aromatic carbocycles. The van der Waals surface area contributed by atoms with Crippen LogP contribution in [0.2, 0.25) is 0 Å². The van der Waals surface area contributed by atoms with Crippen molar-refractivity contribution in [3.05, 3.63) is 53.9 Å². The number of benzene rings is 1. The van der Waals surface area contributed by atoms with Crippen molar-refractivity contribution in [2.45, 2.75) is 12.8 Å². The molecule has 1 fully saturated rings. The van der Waals surface area contributed by atoms with Crippen LogP contribution in [-0.4, -0.2) is 64.9 Å². The van der Waals surface area contributed by atoms with Gasteiger partial charge in [-0.1, -0.05) is 0 Å². The zero-order valence-corrected chi connectivity index (χ0v) is 15.1. The maximum atomic E-state index is 13.5. The lowest BCUT2D eigenvalue weighted by Crippen LogP contribution is -2.38. The molecule has 2 aromatic rings. The molecule has 0 spiro atoms. The van der Waals surface area contributed by atoms with Gasteiger partial charge in [-0.05, 0) is 24.6 Å². The lowest BCUT2D eigenvalue weighted by Gasteiger charge is -2.22. The highest BCUT2D eigenvalue weighted by Gasteiger charge is 2.24. The largest absolute Gasteiger partial charge is 0.496 e. The molecule has 0 unspecified atom stereocenters. The van der Waals surface area contributed by atoms with E-state index in [0.29, 0.717) is 49.6 Å². The highest BCUT2D eigenvalue weighted by Crippen LogP contribution is 2.21. The molecule has 27 heavy (non-hydrogen) atoms. The number of rotatable bonds is 4. The molecular weight excluding hydrogens is 351 g/mol. The van der Waals surface area contributed by atoms with Crippen molar-refractivity contribution in [2.24, 2.45) is 0 Å². The van der Waals surface area contributed by atoms with Crippen LogP contribution in [0.3, 0.4) is 0 Å². The van der Waals surface area contributed by atoms with Gasteiger partial charge in [0.25, 0.3) is 5.91 Å². The van der Waals surface area contributed by atoms with Crippen LogP contribution in [0.5, 0.6) is 5.75 Å². The summed E-state index contributed by atoms with van der Waals surface area (Å²) >= 11 is 0. The molecule has 0 atom stereocenters. The summed E-state index contributed by atoms with van der Waals surface area (Å²) < 4.78 is 18.7. The van der Waals surface area contributed by atoms with E-state index in [4.69, 9.17) is 4.74 Å². The summed E-state index contributed by atoms with van der Waals surface area (Å²) in [4.78, 5) is 36.5. The molecule has 142 valence electrons. The third kappa shape index (κ3) is 4.58. The number of halogens is 1. The summed E-state index contributed by atoms with van der Waals surface area (Å²) in [7, 11) is 1.49. The van der Waals surface area contributed by atoms with E-state index in [1.807, 2.05) is 0 Å². The summed E-state index contributed by atoms with van der Waals surface area (Å²) in [6.45, 7) is 1.92. The Labute approximate surface area is 156 Å². The van der Waals surface area contributed by atoms with Crippen LogP contribution in [0.15, 0.2) is 36.8 Å². The fraction of sp³-hybridized carbons (Fsp3) is 0.368. The number of ether oxygens (including phenoxy) is 1. The Morgan fingerprint density at radius 3 is 2.67 bits per heavy atom. The van der Waals surface area contributed by atoms with Crippen LogP contribution in [0, 0.1) is 5.82 Å². The molecule has 0 bridgehead atoms. The van der Waals surface area contributed by atoms with Crippen LogP contribution in [0.4, 0.5) is 4.39 Å². The summed E-state index contributed by atoms with van der Waals surface area (Å²) in [6.07, 6.45) is 5.15. The number of nitrogens with zero attached hydrogens (tertiary/aromatic N) is 4. The third-order valence-electron chi connectivity index (χ3n) is 4.50. The molecular formula is C19H21FN4O3. The first-order valence-corrected chi connectivity index (χ1v) is 8.74. The molecule has 8 heteroatoms. The highest BCUT2D eigenvalue weighted by molar-refractivity contribution is 5.92. The van der Waals surface area contributed by atoms with E-state index in [1.165, 1.54) is 43.9 Å². The first kappa shape index (κ1) is 18.8. The molecule has 1 aliphatic heterocycles. The summed E-state index contributed by atoms with van der Waals surface area (Å²) in [5.41, 5.74) is 0.806. The molecule has 0 radical (unpaired) electrons. The van der Waals surface area contributed by atoms with Gasteiger partial charge in [-0.2, -0.15) is 0 Å². The lowest BCUT2D eigenvalue weighted by molar-refractivity contribution is -0.130. The van der Waals surface area contributed by atoms with Gasteiger partial charge in [0.1, 0.15) is 17.3 Å². The monoisotopic (exact) mass is 372 g/mol. The van der Waals surface area contributed by atoms with Gasteiger partial charge in [-0.25, -0.2) is 9.37 Å². The number of carbonyl (C=O) groups is 2. The molecule has 2 amide bonds. The van der Waals surface area contributed by atoms with Gasteiger partial charge >= 0.3 is 0 Å². The second-order valence-corrected chi connectivity index (χ2v) is 6.25. The van der Waals surface area contributed by atoms with Gasteiger partial charge in [0.2, 0.25) is 5.91 Å². The molecule has 7 nitrogen and oxygen atoms in total. The number of amides is 2. The van der Waals surface area contributed by atoms with E-state index in [0.717, 1.165) is 0 Å². The van der Waals surface area contributed by atoms with Crippen LogP contribution in [-0.2, 0) is 11.2 Å². The Kier molecular flexibility index (Phi) is 5.95. The van der Waals surface area contributed by atoms with Crippen molar-refractivity contribution in [1.29, 1.82) is 0 Å². The predicted octanol–water partition coefficient (Wildman–Crippen LogP) is 1.54. The molecule has 2 heterocycles. The van der Waals surface area contributed by atoms with E-state index in [-0.39, 0.29) is 18.2 Å². The molecule has 3 rings (SSSR count). The Morgan fingerprint density at radius 1 is 1.15 bits per heavy atom. The van der Waals surface area contributed by atoms with Gasteiger partial charge in [0.15, 0.2) is 0 Å². The fourth-order valence-corrected chi connectivity index (χ4v) is 3.10. The normalized spacial score (nSPS) is 14.6. The number of hydrogen-bond acceptors (Lipinski definition) is 5. The minimum atomic E-state index is -0.407. The predicted molar refractivity (Wildman–Crippen MR) is 95.8 cm³/mol. The Bertz CT molecular complexity index is 816. The SMILES string of the molecule is COc1ccc(F)cc1CC(=O)N1CCCN(C(=O)c2cnccn2)CC1. The van der Waals surface area contributed by atoms with Gasteiger partial charge in [0.05, 0.1) is 19.7 Å². The molecule has 0 saturated carbocycles. The Balaban J connectivity index is 1.63. The zero-order chi connectivity index (χ0) is 19.2. The van der Waals surface area contributed by atoms with Crippen molar-refractivity contribution in [3.8, 4) is 5.75 Å². The molecule has 1 aromatic heterocycles. The summed E-state index contributed by atoms with van der Waals surface area (Å²) in [5, 5.41) is 0. The fourth-order valence-electron chi connectivity index (χ4n) is 3.10. The van der Waals surface area contributed by atoms with Crippen LogP contribution < -0.4 is 4.74 Å². The van der Waals surface area contributed by atoms with Crippen molar-refractivity contribution >= 4 is 11.8 Å². The van der Waals surface area contributed by atoms with E-state index in [1.54, 1.807) is 9.80 Å². The summed E-state index contributed by atoms with van der Waals surface area (Å²) in [6, 6.07) is 4.13. The van der Waals surface area contributed by atoms with Gasteiger partial charge in [-0.3, -0.25) is 14.6 Å². The van der Waals surface area contributed by atoms with Gasteiger partial charge in [0, 0.05) is 44.1 Å². The minimum absolute atomic E-state index is 0.0546. The highest BCUT2D eigenvalue weighted by atomic mass is 19.1. The average molecular weight is 372 g/mol.